The number of hydrogen-bond acceptors (Lipinski definition) is 5. The van der Waals surface area contributed by atoms with Crippen LogP contribution in [-0.4, -0.2) is 42.4 Å². The van der Waals surface area contributed by atoms with E-state index in [1.54, 1.807) is 7.05 Å². The molecular formula is C15H17N3O4S. The van der Waals surface area contributed by atoms with E-state index >= 15 is 0 Å². The number of sulfonamides is 1. The van der Waals surface area contributed by atoms with E-state index in [0.29, 0.717) is 13.1 Å². The molecule has 7 nitrogen and oxygen atoms in total. The molecule has 0 amide bonds. The molecule has 0 aliphatic carbocycles. The van der Waals surface area contributed by atoms with Crippen molar-refractivity contribution in [2.75, 3.05) is 19.9 Å². The number of fused-ring (bicyclic) bond motifs is 1. The number of rotatable bonds is 3. The molecule has 1 atom stereocenters. The normalized spacial score (nSPS) is 21.0. The van der Waals surface area contributed by atoms with Gasteiger partial charge in [-0.2, -0.15) is 9.40 Å². The lowest BCUT2D eigenvalue weighted by Crippen LogP contribution is -2.28. The van der Waals surface area contributed by atoms with Crippen LogP contribution in [0.4, 0.5) is 0 Å². The van der Waals surface area contributed by atoms with Crippen LogP contribution >= 0.6 is 0 Å². The Morgan fingerprint density at radius 3 is 2.87 bits per heavy atom. The molecule has 23 heavy (non-hydrogen) atoms. The molecule has 2 aromatic rings. The summed E-state index contributed by atoms with van der Waals surface area (Å²) in [6.07, 6.45) is 3.71. The summed E-state index contributed by atoms with van der Waals surface area (Å²) in [4.78, 5) is 0.242. The molecule has 1 fully saturated rings. The third kappa shape index (κ3) is 2.47. The Bertz CT molecular complexity index is 846. The van der Waals surface area contributed by atoms with Gasteiger partial charge < -0.3 is 9.47 Å². The van der Waals surface area contributed by atoms with Crippen LogP contribution < -0.4 is 9.47 Å². The quantitative estimate of drug-likeness (QED) is 0.846. The highest BCUT2D eigenvalue weighted by molar-refractivity contribution is 7.89. The average molecular weight is 335 g/mol. The fourth-order valence-corrected chi connectivity index (χ4v) is 4.55. The SMILES string of the molecule is Cn1cc(S(=O)(=O)N2CC[C@@H](c3ccc4c(c3)OCO4)C2)cn1. The Labute approximate surface area is 134 Å². The van der Waals surface area contributed by atoms with Crippen LogP contribution in [0.2, 0.25) is 0 Å². The smallest absolute Gasteiger partial charge is 0.246 e. The molecule has 8 heteroatoms. The summed E-state index contributed by atoms with van der Waals surface area (Å²) in [5, 5.41) is 3.95. The summed E-state index contributed by atoms with van der Waals surface area (Å²) in [6.45, 7) is 1.22. The molecule has 2 aliphatic heterocycles. The monoisotopic (exact) mass is 335 g/mol. The first-order valence-electron chi connectivity index (χ1n) is 7.42. The van der Waals surface area contributed by atoms with Crippen molar-refractivity contribution in [2.24, 2.45) is 7.05 Å². The molecule has 1 saturated heterocycles. The van der Waals surface area contributed by atoms with Crippen LogP contribution in [-0.2, 0) is 17.1 Å². The molecule has 1 aromatic carbocycles. The summed E-state index contributed by atoms with van der Waals surface area (Å²) in [5.74, 6) is 1.64. The van der Waals surface area contributed by atoms with Gasteiger partial charge in [-0.25, -0.2) is 8.42 Å². The van der Waals surface area contributed by atoms with Crippen LogP contribution in [0.25, 0.3) is 0 Å². The number of hydrogen-bond donors (Lipinski definition) is 0. The predicted octanol–water partition coefficient (Wildman–Crippen LogP) is 1.33. The highest BCUT2D eigenvalue weighted by Crippen LogP contribution is 2.38. The minimum absolute atomic E-state index is 0.163. The first kappa shape index (κ1) is 14.5. The molecule has 0 radical (unpaired) electrons. The Balaban J connectivity index is 1.55. The molecule has 2 aliphatic rings. The third-order valence-corrected chi connectivity index (χ3v) is 6.16. The lowest BCUT2D eigenvalue weighted by atomic mass is 9.98. The number of ether oxygens (including phenoxy) is 2. The van der Waals surface area contributed by atoms with Crippen molar-refractivity contribution >= 4 is 10.0 Å². The van der Waals surface area contributed by atoms with Crippen molar-refractivity contribution in [1.82, 2.24) is 14.1 Å². The summed E-state index contributed by atoms with van der Waals surface area (Å²) < 4.78 is 39.0. The van der Waals surface area contributed by atoms with E-state index in [1.165, 1.54) is 21.4 Å². The minimum Gasteiger partial charge on any atom is -0.454 e. The zero-order chi connectivity index (χ0) is 16.0. The molecule has 3 heterocycles. The van der Waals surface area contributed by atoms with Gasteiger partial charge in [0, 0.05) is 26.3 Å². The number of aryl methyl sites for hydroxylation is 1. The Morgan fingerprint density at radius 2 is 2.09 bits per heavy atom. The van der Waals surface area contributed by atoms with E-state index in [0.717, 1.165) is 23.5 Å². The van der Waals surface area contributed by atoms with Gasteiger partial charge in [-0.15, -0.1) is 0 Å². The zero-order valence-electron chi connectivity index (χ0n) is 12.7. The largest absolute Gasteiger partial charge is 0.454 e. The van der Waals surface area contributed by atoms with Crippen LogP contribution in [0.15, 0.2) is 35.5 Å². The molecule has 4 rings (SSSR count). The first-order chi connectivity index (χ1) is 11.0. The highest BCUT2D eigenvalue weighted by atomic mass is 32.2. The van der Waals surface area contributed by atoms with Gasteiger partial charge in [-0.3, -0.25) is 4.68 Å². The Hall–Kier alpha value is -2.06. The molecule has 122 valence electrons. The van der Waals surface area contributed by atoms with Crippen molar-refractivity contribution in [2.45, 2.75) is 17.2 Å². The van der Waals surface area contributed by atoms with Gasteiger partial charge >= 0.3 is 0 Å². The standard InChI is InChI=1S/C15H17N3O4S/c1-17-9-13(7-16-17)23(19,20)18-5-4-12(8-18)11-2-3-14-15(6-11)22-10-21-14/h2-3,6-7,9,12H,4-5,8,10H2,1H3/t12-/m1/s1. The van der Waals surface area contributed by atoms with Gasteiger partial charge in [-0.1, -0.05) is 6.07 Å². The van der Waals surface area contributed by atoms with E-state index < -0.39 is 10.0 Å². The molecule has 0 N–H and O–H groups in total. The maximum atomic E-state index is 12.6. The number of benzene rings is 1. The maximum Gasteiger partial charge on any atom is 0.246 e. The van der Waals surface area contributed by atoms with E-state index in [4.69, 9.17) is 9.47 Å². The highest BCUT2D eigenvalue weighted by Gasteiger charge is 2.34. The second-order valence-corrected chi connectivity index (χ2v) is 7.75. The van der Waals surface area contributed by atoms with Crippen molar-refractivity contribution < 1.29 is 17.9 Å². The van der Waals surface area contributed by atoms with Crippen LogP contribution in [0.5, 0.6) is 11.5 Å². The second kappa shape index (κ2) is 5.24. The Morgan fingerprint density at radius 1 is 1.26 bits per heavy atom. The Kier molecular flexibility index (Phi) is 3.31. The number of aromatic nitrogens is 2. The van der Waals surface area contributed by atoms with Crippen molar-refractivity contribution in [3.8, 4) is 11.5 Å². The molecule has 1 aromatic heterocycles. The van der Waals surface area contributed by atoms with Gasteiger partial charge in [0.15, 0.2) is 11.5 Å². The van der Waals surface area contributed by atoms with Gasteiger partial charge in [0.05, 0.1) is 6.20 Å². The fourth-order valence-electron chi connectivity index (χ4n) is 3.07. The first-order valence-corrected chi connectivity index (χ1v) is 8.86. The lowest BCUT2D eigenvalue weighted by molar-refractivity contribution is 0.174. The van der Waals surface area contributed by atoms with Gasteiger partial charge in [-0.05, 0) is 30.0 Å². The molecule has 0 bridgehead atoms. The van der Waals surface area contributed by atoms with Crippen molar-refractivity contribution in [3.05, 3.63) is 36.2 Å². The van der Waals surface area contributed by atoms with E-state index in [-0.39, 0.29) is 17.6 Å². The number of nitrogens with zero attached hydrogens (tertiary/aromatic N) is 3. The maximum absolute atomic E-state index is 12.6. The summed E-state index contributed by atoms with van der Waals surface area (Å²) in [6, 6.07) is 5.82. The average Bonchev–Trinajstić information content (AvgIpc) is 3.26. The van der Waals surface area contributed by atoms with Gasteiger partial charge in [0.2, 0.25) is 16.8 Å². The molecular weight excluding hydrogens is 318 g/mol. The summed E-state index contributed by atoms with van der Waals surface area (Å²) in [5.41, 5.74) is 1.08. The lowest BCUT2D eigenvalue weighted by Gasteiger charge is -2.15. The summed E-state index contributed by atoms with van der Waals surface area (Å²) >= 11 is 0. The molecule has 0 unspecified atom stereocenters. The third-order valence-electron chi connectivity index (χ3n) is 4.34. The van der Waals surface area contributed by atoms with Gasteiger partial charge in [0.25, 0.3) is 0 Å². The fraction of sp³-hybridized carbons (Fsp3) is 0.400. The van der Waals surface area contributed by atoms with Crippen molar-refractivity contribution in [1.29, 1.82) is 0 Å². The van der Waals surface area contributed by atoms with Crippen LogP contribution in [0.1, 0.15) is 17.9 Å². The van der Waals surface area contributed by atoms with Crippen LogP contribution in [0, 0.1) is 0 Å². The zero-order valence-corrected chi connectivity index (χ0v) is 13.5. The van der Waals surface area contributed by atoms with Crippen molar-refractivity contribution in [3.63, 3.8) is 0 Å². The predicted molar refractivity (Wildman–Crippen MR) is 81.9 cm³/mol. The second-order valence-electron chi connectivity index (χ2n) is 5.81. The summed E-state index contributed by atoms with van der Waals surface area (Å²) in [7, 11) is -1.77. The molecule has 0 spiro atoms. The van der Waals surface area contributed by atoms with E-state index in [2.05, 4.69) is 5.10 Å². The minimum atomic E-state index is -3.48. The van der Waals surface area contributed by atoms with Crippen LogP contribution in [0.3, 0.4) is 0 Å². The van der Waals surface area contributed by atoms with E-state index in [1.807, 2.05) is 18.2 Å². The van der Waals surface area contributed by atoms with E-state index in [9.17, 15) is 8.42 Å². The van der Waals surface area contributed by atoms with Gasteiger partial charge in [0.1, 0.15) is 4.90 Å². The topological polar surface area (TPSA) is 73.7 Å². The molecule has 0 saturated carbocycles.